The molecule has 1 amide bonds. The van der Waals surface area contributed by atoms with Crippen LogP contribution in [-0.4, -0.2) is 114 Å². The average Bonchev–Trinajstić information content (AvgIpc) is 3.43. The van der Waals surface area contributed by atoms with Crippen molar-refractivity contribution in [1.29, 1.82) is 0 Å². The second-order valence-electron chi connectivity index (χ2n) is 21.8. The Bertz CT molecular complexity index is 2730. The Balaban J connectivity index is 0.790. The maximum atomic E-state index is 14.5. The third kappa shape index (κ3) is 11.0. The van der Waals surface area contributed by atoms with Gasteiger partial charge in [-0.3, -0.25) is 0 Å². The predicted octanol–water partition coefficient (Wildman–Crippen LogP) is 9.39. The lowest BCUT2D eigenvalue weighted by Gasteiger charge is -2.47. The molecule has 376 valence electrons. The summed E-state index contributed by atoms with van der Waals surface area (Å²) in [4.78, 5) is 21.3. The lowest BCUT2D eigenvalue weighted by Crippen LogP contribution is -2.58. The number of aromatic hydroxyl groups is 1. The van der Waals surface area contributed by atoms with Gasteiger partial charge in [0, 0.05) is 85.9 Å². The van der Waals surface area contributed by atoms with E-state index in [0.717, 1.165) is 108 Å². The number of carbonyl (C=O) groups is 1. The van der Waals surface area contributed by atoms with Gasteiger partial charge in [0.05, 0.1) is 35.2 Å². The molecule has 4 N–H and O–H groups in total. The Labute approximate surface area is 425 Å². The number of phenols is 1. The van der Waals surface area contributed by atoms with Crippen LogP contribution in [0.1, 0.15) is 83.3 Å². The van der Waals surface area contributed by atoms with Gasteiger partial charge in [-0.05, 0) is 117 Å². The van der Waals surface area contributed by atoms with Crippen molar-refractivity contribution in [2.24, 2.45) is 5.41 Å². The molecule has 4 fully saturated rings. The minimum absolute atomic E-state index is 0.0459. The summed E-state index contributed by atoms with van der Waals surface area (Å²) in [5.74, 6) is 0.682. The number of ether oxygens (including phenoxy) is 1. The van der Waals surface area contributed by atoms with Crippen molar-refractivity contribution in [3.05, 3.63) is 145 Å². The zero-order chi connectivity index (χ0) is 49.5. The second kappa shape index (κ2) is 21.7. The van der Waals surface area contributed by atoms with E-state index in [1.165, 1.54) is 24.0 Å². The van der Waals surface area contributed by atoms with Crippen LogP contribution in [0, 0.1) is 5.41 Å². The van der Waals surface area contributed by atoms with Crippen molar-refractivity contribution in [1.82, 2.24) is 41.2 Å². The molecule has 0 saturated carbocycles. The van der Waals surface area contributed by atoms with Gasteiger partial charge in [0.15, 0.2) is 0 Å². The molecule has 72 heavy (non-hydrogen) atoms. The Morgan fingerprint density at radius 1 is 0.653 bits per heavy atom. The molecular formula is C59H72N10O3. The van der Waals surface area contributed by atoms with Crippen LogP contribution in [0.3, 0.4) is 0 Å². The van der Waals surface area contributed by atoms with Crippen LogP contribution >= 0.6 is 0 Å². The lowest BCUT2D eigenvalue weighted by molar-refractivity contribution is 0.0510. The largest absolute Gasteiger partial charge is 0.507 e. The molecule has 2 unspecified atom stereocenters. The van der Waals surface area contributed by atoms with E-state index in [9.17, 15) is 9.90 Å². The highest BCUT2D eigenvalue weighted by Crippen LogP contribution is 2.41. The number of piperidine rings is 4. The molecule has 10 rings (SSSR count). The number of nitrogens with zero attached hydrogens (tertiary/aromatic N) is 7. The van der Waals surface area contributed by atoms with E-state index in [0.29, 0.717) is 35.3 Å². The number of aromatic nitrogens is 4. The summed E-state index contributed by atoms with van der Waals surface area (Å²) in [5.41, 5.74) is 7.37. The number of benzene rings is 4. The highest BCUT2D eigenvalue weighted by atomic mass is 16.6. The first-order valence-electron chi connectivity index (χ1n) is 26.4. The molecule has 4 saturated heterocycles. The van der Waals surface area contributed by atoms with Crippen molar-refractivity contribution in [2.75, 3.05) is 68.7 Å². The zero-order valence-electron chi connectivity index (χ0n) is 42.3. The Morgan fingerprint density at radius 2 is 1.15 bits per heavy atom. The fourth-order valence-electron chi connectivity index (χ4n) is 11.9. The molecule has 0 bridgehead atoms. The summed E-state index contributed by atoms with van der Waals surface area (Å²) in [6, 6.07) is 41.9. The van der Waals surface area contributed by atoms with Crippen molar-refractivity contribution >= 4 is 17.5 Å². The van der Waals surface area contributed by atoms with E-state index in [1.807, 2.05) is 65.8 Å². The Hall–Kier alpha value is -6.41. The van der Waals surface area contributed by atoms with Gasteiger partial charge in [-0.1, -0.05) is 106 Å². The molecule has 0 spiro atoms. The summed E-state index contributed by atoms with van der Waals surface area (Å²) >= 11 is 0. The van der Waals surface area contributed by atoms with Crippen LogP contribution < -0.4 is 30.5 Å². The summed E-state index contributed by atoms with van der Waals surface area (Å²) in [5, 5.41) is 39.9. The monoisotopic (exact) mass is 969 g/mol. The number of para-hydroxylation sites is 2. The van der Waals surface area contributed by atoms with E-state index in [4.69, 9.17) is 4.74 Å². The second-order valence-corrected chi connectivity index (χ2v) is 21.8. The summed E-state index contributed by atoms with van der Waals surface area (Å²) in [6.07, 6.45) is 11.3. The van der Waals surface area contributed by atoms with E-state index in [2.05, 4.69) is 134 Å². The van der Waals surface area contributed by atoms with Crippen LogP contribution in [0.4, 0.5) is 16.2 Å². The van der Waals surface area contributed by atoms with Crippen LogP contribution in [0.15, 0.2) is 134 Å². The van der Waals surface area contributed by atoms with Crippen LogP contribution in [0.5, 0.6) is 11.5 Å². The normalized spacial score (nSPS) is 20.5. The van der Waals surface area contributed by atoms with Gasteiger partial charge in [0.25, 0.3) is 0 Å². The van der Waals surface area contributed by atoms with Gasteiger partial charge in [-0.2, -0.15) is 20.4 Å². The average molecular weight is 969 g/mol. The smallest absolute Gasteiger partial charge is 0.415 e. The molecule has 0 radical (unpaired) electrons. The number of carbonyl (C=O) groups excluding carboxylic acids is 1. The molecular weight excluding hydrogens is 897 g/mol. The number of rotatable bonds is 13. The first kappa shape index (κ1) is 49.2. The van der Waals surface area contributed by atoms with Crippen LogP contribution in [0.25, 0.3) is 22.5 Å². The topological polar surface area (TPSA) is 144 Å². The highest BCUT2D eigenvalue weighted by Gasteiger charge is 2.42. The van der Waals surface area contributed by atoms with Gasteiger partial charge in [-0.15, -0.1) is 0 Å². The van der Waals surface area contributed by atoms with E-state index >= 15 is 0 Å². The molecule has 4 aliphatic heterocycles. The van der Waals surface area contributed by atoms with Crippen LogP contribution in [0.2, 0.25) is 0 Å². The molecule has 6 heterocycles. The number of hydrogen-bond acceptors (Lipinski definition) is 12. The van der Waals surface area contributed by atoms with Gasteiger partial charge in [0.2, 0.25) is 0 Å². The number of phenolic OH excluding ortho intramolecular Hbond substituents is 1. The predicted molar refractivity (Wildman–Crippen MR) is 287 cm³/mol. The fourth-order valence-corrected chi connectivity index (χ4v) is 11.9. The third-order valence-corrected chi connectivity index (χ3v) is 16.4. The van der Waals surface area contributed by atoms with Gasteiger partial charge in [0.1, 0.15) is 11.5 Å². The van der Waals surface area contributed by atoms with Gasteiger partial charge < -0.3 is 40.5 Å². The lowest BCUT2D eigenvalue weighted by atomic mass is 9.72. The molecule has 13 nitrogen and oxygen atoms in total. The van der Waals surface area contributed by atoms with E-state index < -0.39 is 0 Å². The number of nitrogens with one attached hydrogen (secondary N) is 3. The summed E-state index contributed by atoms with van der Waals surface area (Å²) < 4.78 is 6.40. The highest BCUT2D eigenvalue weighted by molar-refractivity contribution is 5.77. The van der Waals surface area contributed by atoms with Crippen LogP contribution in [-0.2, 0) is 10.8 Å². The molecule has 6 aromatic rings. The molecule has 4 aromatic carbocycles. The summed E-state index contributed by atoms with van der Waals surface area (Å²) in [6.45, 7) is 14.8. The molecule has 0 aliphatic carbocycles. The minimum atomic E-state index is -0.333. The quantitative estimate of drug-likeness (QED) is 0.0876. The van der Waals surface area contributed by atoms with E-state index in [1.54, 1.807) is 6.07 Å². The Kier molecular flexibility index (Phi) is 14.9. The standard InChI is InChI=1S/C59H72N10O3/c1-57(2,3)55-36-46(62-42-59(44-16-8-5-9-17-44)27-34-67(35-28-59)47-37-51(65-63-39-47)49-18-10-12-20-53(49)70)24-31-69(55)56(71)72-54-21-13-11-19-50(54)52-38-48(40-64-66-52)68-32-25-58(26-33-68,43-14-6-4-7-15-43)41-61-45-22-29-60-30-23-45/h4-21,37-40,45-46,55,60-62,70H,22-36,41-42H2,1-3H3. The van der Waals surface area contributed by atoms with Crippen molar-refractivity contribution in [3.8, 4) is 34.0 Å². The van der Waals surface area contributed by atoms with E-state index in [-0.39, 0.29) is 40.2 Å². The molecule has 2 atom stereocenters. The number of likely N-dealkylation sites (tertiary alicyclic amines) is 1. The zero-order valence-corrected chi connectivity index (χ0v) is 42.3. The molecule has 2 aromatic heterocycles. The third-order valence-electron chi connectivity index (χ3n) is 16.4. The van der Waals surface area contributed by atoms with Gasteiger partial charge >= 0.3 is 6.09 Å². The first-order valence-corrected chi connectivity index (χ1v) is 26.4. The summed E-state index contributed by atoms with van der Waals surface area (Å²) in [7, 11) is 0. The van der Waals surface area contributed by atoms with Crippen molar-refractivity contribution in [3.63, 3.8) is 0 Å². The SMILES string of the molecule is CC(C)(C)C1CC(NCC2(c3ccccc3)CCN(c3cnnc(-c4ccccc4O)c3)CC2)CCN1C(=O)Oc1ccccc1-c1cc(N2CCC(CNC3CCNCC3)(c3ccccc3)CC2)cnn1. The number of anilines is 2. The maximum Gasteiger partial charge on any atom is 0.415 e. The van der Waals surface area contributed by atoms with Crippen molar-refractivity contribution in [2.45, 2.75) is 101 Å². The molecule has 4 aliphatic rings. The minimum Gasteiger partial charge on any atom is -0.507 e. The van der Waals surface area contributed by atoms with Crippen molar-refractivity contribution < 1.29 is 14.6 Å². The maximum absolute atomic E-state index is 14.5. The number of hydrogen-bond donors (Lipinski definition) is 4. The van der Waals surface area contributed by atoms with Gasteiger partial charge in [-0.25, -0.2) is 4.79 Å². The molecule has 13 heteroatoms. The number of amides is 1. The first-order chi connectivity index (χ1) is 35.1. The Morgan fingerprint density at radius 3 is 1.71 bits per heavy atom. The fraction of sp³-hybridized carbons (Fsp3) is 0.441.